The van der Waals surface area contributed by atoms with Crippen LogP contribution >= 0.6 is 0 Å². The van der Waals surface area contributed by atoms with Gasteiger partial charge in [0.05, 0.1) is 17.1 Å². The van der Waals surface area contributed by atoms with Crippen molar-refractivity contribution in [3.63, 3.8) is 0 Å². The Morgan fingerprint density at radius 1 is 1.32 bits per heavy atom. The summed E-state index contributed by atoms with van der Waals surface area (Å²) in [5, 5.41) is 2.91. The highest BCUT2D eigenvalue weighted by atomic mass is 16.1. The van der Waals surface area contributed by atoms with E-state index in [2.05, 4.69) is 34.8 Å². The zero-order valence-corrected chi connectivity index (χ0v) is 12.0. The highest BCUT2D eigenvalue weighted by molar-refractivity contribution is 5.77. The first kappa shape index (κ1) is 13.6. The molecule has 2 aromatic rings. The van der Waals surface area contributed by atoms with Crippen molar-refractivity contribution >= 4 is 16.9 Å². The third kappa shape index (κ3) is 2.95. The minimum atomic E-state index is -0.0800. The number of hydrogen-bond acceptors (Lipinski definition) is 2. The van der Waals surface area contributed by atoms with Gasteiger partial charge in [0.25, 0.3) is 0 Å². The second-order valence-electron chi connectivity index (χ2n) is 5.39. The van der Waals surface area contributed by atoms with Crippen molar-refractivity contribution in [3.05, 3.63) is 30.1 Å². The zero-order chi connectivity index (χ0) is 14.0. The third-order valence-corrected chi connectivity index (χ3v) is 3.04. The van der Waals surface area contributed by atoms with Gasteiger partial charge >= 0.3 is 0 Å². The molecule has 1 amide bonds. The Balaban J connectivity index is 2.48. The van der Waals surface area contributed by atoms with Crippen LogP contribution in [0.2, 0.25) is 0 Å². The van der Waals surface area contributed by atoms with E-state index in [1.165, 1.54) is 6.92 Å². The first-order valence-corrected chi connectivity index (χ1v) is 6.71. The molecule has 0 saturated heterocycles. The van der Waals surface area contributed by atoms with Crippen LogP contribution in [-0.2, 0) is 11.3 Å². The van der Waals surface area contributed by atoms with Gasteiger partial charge in [-0.25, -0.2) is 4.98 Å². The van der Waals surface area contributed by atoms with Gasteiger partial charge in [-0.05, 0) is 25.0 Å². The molecule has 0 bridgehead atoms. The lowest BCUT2D eigenvalue weighted by Gasteiger charge is -2.16. The fourth-order valence-electron chi connectivity index (χ4n) is 2.35. The Morgan fingerprint density at radius 3 is 2.63 bits per heavy atom. The van der Waals surface area contributed by atoms with Crippen LogP contribution in [0.15, 0.2) is 24.3 Å². The normalized spacial score (nSPS) is 12.9. The SMILES string of the molecule is CC(=O)N[C@H](C)c1nc2ccccc2n1CC(C)C. The molecule has 0 aliphatic heterocycles. The van der Waals surface area contributed by atoms with Crippen molar-refractivity contribution in [1.29, 1.82) is 0 Å². The van der Waals surface area contributed by atoms with Crippen LogP contribution in [0.3, 0.4) is 0 Å². The summed E-state index contributed by atoms with van der Waals surface area (Å²) in [5.74, 6) is 1.42. The van der Waals surface area contributed by atoms with Crippen LogP contribution in [-0.4, -0.2) is 15.5 Å². The molecule has 4 heteroatoms. The Hall–Kier alpha value is -1.84. The second-order valence-corrected chi connectivity index (χ2v) is 5.39. The molecule has 0 fully saturated rings. The largest absolute Gasteiger partial charge is 0.347 e. The number of hydrogen-bond donors (Lipinski definition) is 1. The topological polar surface area (TPSA) is 46.9 Å². The molecule has 1 heterocycles. The van der Waals surface area contributed by atoms with Crippen LogP contribution in [0.25, 0.3) is 11.0 Å². The van der Waals surface area contributed by atoms with Gasteiger partial charge in [0.15, 0.2) is 0 Å². The number of carbonyl (C=O) groups excluding carboxylic acids is 1. The second kappa shape index (κ2) is 5.43. The van der Waals surface area contributed by atoms with E-state index in [0.717, 1.165) is 23.4 Å². The van der Waals surface area contributed by atoms with Crippen LogP contribution in [0.5, 0.6) is 0 Å². The molecule has 0 aliphatic rings. The fraction of sp³-hybridized carbons (Fsp3) is 0.467. The lowest BCUT2D eigenvalue weighted by Crippen LogP contribution is -2.26. The molecular weight excluding hydrogens is 238 g/mol. The monoisotopic (exact) mass is 259 g/mol. The summed E-state index contributed by atoms with van der Waals surface area (Å²) in [6.45, 7) is 8.77. The predicted octanol–water partition coefficient (Wildman–Crippen LogP) is 2.89. The fourth-order valence-corrected chi connectivity index (χ4v) is 2.35. The molecule has 1 aromatic carbocycles. The van der Waals surface area contributed by atoms with Gasteiger partial charge in [-0.1, -0.05) is 26.0 Å². The zero-order valence-electron chi connectivity index (χ0n) is 12.0. The Bertz CT molecular complexity index is 586. The standard InChI is InChI=1S/C15H21N3O/c1-10(2)9-18-14-8-6-5-7-13(14)17-15(18)11(3)16-12(4)19/h5-8,10-11H,9H2,1-4H3,(H,16,19)/t11-/m1/s1. The molecular formula is C15H21N3O. The number of rotatable bonds is 4. The number of nitrogens with zero attached hydrogens (tertiary/aromatic N) is 2. The van der Waals surface area contributed by atoms with Crippen LogP contribution in [0, 0.1) is 5.92 Å². The van der Waals surface area contributed by atoms with Gasteiger partial charge in [-0.3, -0.25) is 4.79 Å². The lowest BCUT2D eigenvalue weighted by molar-refractivity contribution is -0.119. The number of benzene rings is 1. The van der Waals surface area contributed by atoms with Gasteiger partial charge in [0.2, 0.25) is 5.91 Å². The molecule has 1 aromatic heterocycles. The summed E-state index contributed by atoms with van der Waals surface area (Å²) < 4.78 is 2.21. The molecule has 1 atom stereocenters. The van der Waals surface area contributed by atoms with Gasteiger partial charge in [-0.2, -0.15) is 0 Å². The molecule has 2 rings (SSSR count). The molecule has 102 valence electrons. The summed E-state index contributed by atoms with van der Waals surface area (Å²) in [5.41, 5.74) is 2.11. The number of aromatic nitrogens is 2. The lowest BCUT2D eigenvalue weighted by atomic mass is 10.2. The van der Waals surface area contributed by atoms with Crippen LogP contribution in [0.1, 0.15) is 39.6 Å². The minimum Gasteiger partial charge on any atom is -0.347 e. The van der Waals surface area contributed by atoms with E-state index in [9.17, 15) is 4.79 Å². The summed E-state index contributed by atoms with van der Waals surface area (Å²) in [4.78, 5) is 15.9. The average Bonchev–Trinajstić information content (AvgIpc) is 2.67. The van der Waals surface area contributed by atoms with E-state index in [1.54, 1.807) is 0 Å². The molecule has 19 heavy (non-hydrogen) atoms. The Morgan fingerprint density at radius 2 is 2.00 bits per heavy atom. The van der Waals surface area contributed by atoms with Crippen molar-refractivity contribution in [1.82, 2.24) is 14.9 Å². The Kier molecular flexibility index (Phi) is 3.88. The van der Waals surface area contributed by atoms with Crippen molar-refractivity contribution < 1.29 is 4.79 Å². The quantitative estimate of drug-likeness (QED) is 0.917. The summed E-state index contributed by atoms with van der Waals surface area (Å²) >= 11 is 0. The highest BCUT2D eigenvalue weighted by Gasteiger charge is 2.17. The van der Waals surface area contributed by atoms with E-state index in [4.69, 9.17) is 0 Å². The van der Waals surface area contributed by atoms with E-state index in [-0.39, 0.29) is 11.9 Å². The molecule has 0 radical (unpaired) electrons. The van der Waals surface area contributed by atoms with Crippen LogP contribution in [0.4, 0.5) is 0 Å². The van der Waals surface area contributed by atoms with Crippen molar-refractivity contribution in [3.8, 4) is 0 Å². The number of amides is 1. The summed E-state index contributed by atoms with van der Waals surface area (Å²) in [7, 11) is 0. The maximum Gasteiger partial charge on any atom is 0.217 e. The molecule has 0 unspecified atom stereocenters. The molecule has 0 aliphatic carbocycles. The van der Waals surface area contributed by atoms with E-state index < -0.39 is 0 Å². The number of nitrogens with one attached hydrogen (secondary N) is 1. The number of fused-ring (bicyclic) bond motifs is 1. The summed E-state index contributed by atoms with van der Waals surface area (Å²) in [6, 6.07) is 8.02. The maximum atomic E-state index is 11.2. The number of carbonyl (C=O) groups is 1. The maximum absolute atomic E-state index is 11.2. The van der Waals surface area contributed by atoms with Gasteiger partial charge in [0.1, 0.15) is 5.82 Å². The predicted molar refractivity (Wildman–Crippen MR) is 76.8 cm³/mol. The molecule has 4 nitrogen and oxygen atoms in total. The number of imidazole rings is 1. The van der Waals surface area contributed by atoms with Crippen molar-refractivity contribution in [2.45, 2.75) is 40.3 Å². The summed E-state index contributed by atoms with van der Waals surface area (Å²) in [6.07, 6.45) is 0. The van der Waals surface area contributed by atoms with Crippen molar-refractivity contribution in [2.75, 3.05) is 0 Å². The smallest absolute Gasteiger partial charge is 0.217 e. The van der Waals surface area contributed by atoms with E-state index >= 15 is 0 Å². The Labute approximate surface area is 113 Å². The van der Waals surface area contributed by atoms with Gasteiger partial charge < -0.3 is 9.88 Å². The highest BCUT2D eigenvalue weighted by Crippen LogP contribution is 2.22. The van der Waals surface area contributed by atoms with Crippen LogP contribution < -0.4 is 5.32 Å². The van der Waals surface area contributed by atoms with Gasteiger partial charge in [0, 0.05) is 13.5 Å². The molecule has 1 N–H and O–H groups in total. The number of para-hydroxylation sites is 2. The minimum absolute atomic E-state index is 0.0318. The van der Waals surface area contributed by atoms with Gasteiger partial charge in [-0.15, -0.1) is 0 Å². The average molecular weight is 259 g/mol. The third-order valence-electron chi connectivity index (χ3n) is 3.04. The van der Waals surface area contributed by atoms with E-state index in [1.807, 2.05) is 25.1 Å². The molecule has 0 saturated carbocycles. The van der Waals surface area contributed by atoms with Crippen molar-refractivity contribution in [2.24, 2.45) is 5.92 Å². The first-order valence-electron chi connectivity index (χ1n) is 6.71. The van der Waals surface area contributed by atoms with E-state index in [0.29, 0.717) is 5.92 Å². The first-order chi connectivity index (χ1) is 8.99. The molecule has 0 spiro atoms.